The summed E-state index contributed by atoms with van der Waals surface area (Å²) in [6, 6.07) is 15.6. The number of methoxy groups -OCH3 is 1. The molecule has 28 heavy (non-hydrogen) atoms. The minimum atomic E-state index is -0.207. The van der Waals surface area contributed by atoms with Gasteiger partial charge in [-0.2, -0.15) is 0 Å². The van der Waals surface area contributed by atoms with Gasteiger partial charge in [-0.15, -0.1) is 0 Å². The summed E-state index contributed by atoms with van der Waals surface area (Å²) in [4.78, 5) is 14.8. The zero-order valence-corrected chi connectivity index (χ0v) is 15.9. The summed E-state index contributed by atoms with van der Waals surface area (Å²) in [7, 11) is 1.54. The molecule has 0 fully saturated rings. The van der Waals surface area contributed by atoms with Crippen LogP contribution in [0, 0.1) is 0 Å². The molecule has 1 amide bonds. The van der Waals surface area contributed by atoms with Crippen LogP contribution in [-0.2, 0) is 13.1 Å². The van der Waals surface area contributed by atoms with Crippen molar-refractivity contribution in [1.29, 1.82) is 0 Å². The largest absolute Gasteiger partial charge is 0.508 e. The number of aromatic hydroxyl groups is 1. The molecule has 1 N–H and O–H groups in total. The molecular formula is C22H23NO5. The minimum Gasteiger partial charge on any atom is -0.508 e. The highest BCUT2D eigenvalue weighted by Gasteiger charge is 2.20. The molecule has 0 saturated heterocycles. The van der Waals surface area contributed by atoms with Gasteiger partial charge in [-0.05, 0) is 43.3 Å². The summed E-state index contributed by atoms with van der Waals surface area (Å²) in [6.45, 7) is 2.90. The number of amides is 1. The molecule has 3 rings (SSSR count). The van der Waals surface area contributed by atoms with Gasteiger partial charge < -0.3 is 23.9 Å². The van der Waals surface area contributed by atoms with Crippen LogP contribution in [-0.4, -0.2) is 29.6 Å². The molecule has 3 aromatic rings. The Labute approximate surface area is 163 Å². The van der Waals surface area contributed by atoms with Gasteiger partial charge in [-0.3, -0.25) is 4.79 Å². The molecule has 6 nitrogen and oxygen atoms in total. The first kappa shape index (κ1) is 19.4. The number of phenols is 1. The van der Waals surface area contributed by atoms with E-state index in [-0.39, 0.29) is 24.7 Å². The first-order valence-electron chi connectivity index (χ1n) is 9.01. The summed E-state index contributed by atoms with van der Waals surface area (Å²) < 4.78 is 16.3. The number of para-hydroxylation sites is 1. The maximum Gasteiger partial charge on any atom is 0.254 e. The smallest absolute Gasteiger partial charge is 0.254 e. The van der Waals surface area contributed by atoms with Crippen LogP contribution in [0.1, 0.15) is 28.6 Å². The highest BCUT2D eigenvalue weighted by molar-refractivity contribution is 5.95. The number of phenolic OH excluding ortho intramolecular Hbond substituents is 1. The Bertz CT molecular complexity index is 920. The van der Waals surface area contributed by atoms with Crippen molar-refractivity contribution in [2.75, 3.05) is 13.7 Å². The molecule has 0 bridgehead atoms. The van der Waals surface area contributed by atoms with Gasteiger partial charge in [0.15, 0.2) is 11.5 Å². The van der Waals surface area contributed by atoms with E-state index >= 15 is 0 Å². The second-order valence-corrected chi connectivity index (χ2v) is 6.17. The van der Waals surface area contributed by atoms with E-state index in [1.54, 1.807) is 53.6 Å². The molecule has 0 saturated carbocycles. The Morgan fingerprint density at radius 3 is 2.57 bits per heavy atom. The van der Waals surface area contributed by atoms with E-state index in [1.807, 2.05) is 19.1 Å². The summed E-state index contributed by atoms with van der Waals surface area (Å²) in [6.07, 6.45) is 1.57. The van der Waals surface area contributed by atoms with E-state index in [4.69, 9.17) is 13.9 Å². The molecule has 0 spiro atoms. The van der Waals surface area contributed by atoms with Crippen LogP contribution in [0.25, 0.3) is 0 Å². The molecule has 0 unspecified atom stereocenters. The minimum absolute atomic E-state index is 0.143. The van der Waals surface area contributed by atoms with E-state index in [2.05, 4.69) is 0 Å². The third-order valence-corrected chi connectivity index (χ3v) is 4.28. The van der Waals surface area contributed by atoms with Crippen LogP contribution in [0.4, 0.5) is 0 Å². The Hall–Kier alpha value is -3.41. The predicted octanol–water partition coefficient (Wildman–Crippen LogP) is 4.24. The molecule has 0 aliphatic rings. The molecule has 146 valence electrons. The van der Waals surface area contributed by atoms with Crippen molar-refractivity contribution in [3.8, 4) is 17.2 Å². The lowest BCUT2D eigenvalue weighted by Crippen LogP contribution is -2.30. The van der Waals surface area contributed by atoms with E-state index in [0.717, 1.165) is 0 Å². The van der Waals surface area contributed by atoms with Crippen molar-refractivity contribution in [2.45, 2.75) is 20.0 Å². The number of carbonyl (C=O) groups is 1. The van der Waals surface area contributed by atoms with E-state index in [0.29, 0.717) is 35.0 Å². The maximum absolute atomic E-state index is 13.2. The molecule has 0 aliphatic carbocycles. The zero-order valence-electron chi connectivity index (χ0n) is 15.9. The quantitative estimate of drug-likeness (QED) is 0.632. The highest BCUT2D eigenvalue weighted by atomic mass is 16.5. The van der Waals surface area contributed by atoms with Gasteiger partial charge in [-0.1, -0.05) is 18.2 Å². The van der Waals surface area contributed by atoms with Crippen LogP contribution < -0.4 is 9.47 Å². The number of hydrogen-bond acceptors (Lipinski definition) is 5. The van der Waals surface area contributed by atoms with Crippen molar-refractivity contribution >= 4 is 5.91 Å². The summed E-state index contributed by atoms with van der Waals surface area (Å²) >= 11 is 0. The molecule has 6 heteroatoms. The fourth-order valence-corrected chi connectivity index (χ4v) is 2.90. The first-order valence-corrected chi connectivity index (χ1v) is 9.01. The number of nitrogens with zero attached hydrogens (tertiary/aromatic N) is 1. The van der Waals surface area contributed by atoms with Gasteiger partial charge in [0, 0.05) is 11.1 Å². The Morgan fingerprint density at radius 2 is 1.89 bits per heavy atom. The van der Waals surface area contributed by atoms with E-state index in [1.165, 1.54) is 7.11 Å². The number of carbonyl (C=O) groups excluding carboxylic acids is 1. The Balaban J connectivity index is 1.90. The Kier molecular flexibility index (Phi) is 6.22. The van der Waals surface area contributed by atoms with Gasteiger partial charge >= 0.3 is 0 Å². The van der Waals surface area contributed by atoms with E-state index < -0.39 is 0 Å². The third kappa shape index (κ3) is 4.46. The number of rotatable bonds is 8. The Morgan fingerprint density at radius 1 is 1.07 bits per heavy atom. The van der Waals surface area contributed by atoms with Gasteiger partial charge in [0.05, 0.1) is 33.1 Å². The number of benzene rings is 2. The molecule has 2 aromatic carbocycles. The predicted molar refractivity (Wildman–Crippen MR) is 105 cm³/mol. The fraction of sp³-hybridized carbons (Fsp3) is 0.227. The van der Waals surface area contributed by atoms with Crippen molar-refractivity contribution in [1.82, 2.24) is 4.90 Å². The second kappa shape index (κ2) is 8.99. The zero-order chi connectivity index (χ0) is 19.9. The van der Waals surface area contributed by atoms with Crippen molar-refractivity contribution in [3.05, 3.63) is 77.7 Å². The molecular weight excluding hydrogens is 358 g/mol. The van der Waals surface area contributed by atoms with Crippen LogP contribution in [0.2, 0.25) is 0 Å². The van der Waals surface area contributed by atoms with Crippen molar-refractivity contribution in [3.63, 3.8) is 0 Å². The number of ether oxygens (including phenoxy) is 2. The van der Waals surface area contributed by atoms with Gasteiger partial charge in [0.25, 0.3) is 5.91 Å². The third-order valence-electron chi connectivity index (χ3n) is 4.28. The lowest BCUT2D eigenvalue weighted by Gasteiger charge is -2.23. The van der Waals surface area contributed by atoms with Crippen molar-refractivity contribution < 1.29 is 23.8 Å². The molecule has 1 heterocycles. The number of hydrogen-bond donors (Lipinski definition) is 1. The second-order valence-electron chi connectivity index (χ2n) is 6.17. The average molecular weight is 381 g/mol. The lowest BCUT2D eigenvalue weighted by atomic mass is 10.1. The molecule has 0 radical (unpaired) electrons. The van der Waals surface area contributed by atoms with Crippen molar-refractivity contribution in [2.24, 2.45) is 0 Å². The monoisotopic (exact) mass is 381 g/mol. The molecule has 1 aromatic heterocycles. The SMILES string of the molecule is CCOc1ccc(C(=O)N(Cc2ccco2)Cc2ccccc2O)cc1OC. The van der Waals surface area contributed by atoms with Gasteiger partial charge in [-0.25, -0.2) is 0 Å². The first-order chi connectivity index (χ1) is 13.6. The van der Waals surface area contributed by atoms with E-state index in [9.17, 15) is 9.90 Å². The van der Waals surface area contributed by atoms with Crippen LogP contribution >= 0.6 is 0 Å². The fourth-order valence-electron chi connectivity index (χ4n) is 2.90. The summed E-state index contributed by atoms with van der Waals surface area (Å²) in [5.74, 6) is 1.67. The molecule has 0 atom stereocenters. The molecule has 0 aliphatic heterocycles. The normalized spacial score (nSPS) is 10.5. The van der Waals surface area contributed by atoms with Crippen LogP contribution in [0.15, 0.2) is 65.3 Å². The topological polar surface area (TPSA) is 72.1 Å². The standard InChI is InChI=1S/C22H23NO5/c1-3-27-20-11-10-16(13-21(20)26-2)22(25)23(15-18-8-6-12-28-18)14-17-7-4-5-9-19(17)24/h4-13,24H,3,14-15H2,1-2H3. The van der Waals surface area contributed by atoms with Gasteiger partial charge in [0.2, 0.25) is 0 Å². The van der Waals surface area contributed by atoms with Crippen LogP contribution in [0.3, 0.4) is 0 Å². The lowest BCUT2D eigenvalue weighted by molar-refractivity contribution is 0.0716. The van der Waals surface area contributed by atoms with Crippen LogP contribution in [0.5, 0.6) is 17.2 Å². The van der Waals surface area contributed by atoms with Gasteiger partial charge in [0.1, 0.15) is 11.5 Å². The summed E-state index contributed by atoms with van der Waals surface area (Å²) in [5, 5.41) is 10.1. The highest BCUT2D eigenvalue weighted by Crippen LogP contribution is 2.29. The summed E-state index contributed by atoms with van der Waals surface area (Å²) in [5.41, 5.74) is 1.11. The maximum atomic E-state index is 13.2. The number of furan rings is 1. The average Bonchev–Trinajstić information content (AvgIpc) is 3.22.